The first kappa shape index (κ1) is 30.5. The quantitative estimate of drug-likeness (QED) is 0.326. The minimum absolute atomic E-state index is 0.0202. The van der Waals surface area contributed by atoms with Gasteiger partial charge in [-0.15, -0.1) is 0 Å². The number of carbonyl (C=O) groups is 1. The van der Waals surface area contributed by atoms with E-state index in [-0.39, 0.29) is 49.1 Å². The van der Waals surface area contributed by atoms with Gasteiger partial charge < -0.3 is 29.7 Å². The van der Waals surface area contributed by atoms with Crippen LogP contribution in [0.15, 0.2) is 59.5 Å². The Hall–Kier alpha value is -2.48. The second kappa shape index (κ2) is 13.5. The number of sulfonamides is 1. The fourth-order valence-corrected chi connectivity index (χ4v) is 6.72. The van der Waals surface area contributed by atoms with Crippen molar-refractivity contribution in [3.63, 3.8) is 0 Å². The number of amides is 1. The van der Waals surface area contributed by atoms with Gasteiger partial charge in [-0.25, -0.2) is 13.2 Å². The number of hydrogen-bond donors (Lipinski definition) is 3. The summed E-state index contributed by atoms with van der Waals surface area (Å²) >= 11 is 0. The van der Waals surface area contributed by atoms with Crippen LogP contribution in [-0.2, 0) is 30.7 Å². The van der Waals surface area contributed by atoms with Crippen molar-refractivity contribution < 1.29 is 37.6 Å². The molecule has 10 nitrogen and oxygen atoms in total. The molecule has 2 unspecified atom stereocenters. The molecule has 218 valence electrons. The number of nitrogens with one attached hydrogen (secondary N) is 1. The van der Waals surface area contributed by atoms with Crippen LogP contribution in [0.1, 0.15) is 25.8 Å². The van der Waals surface area contributed by atoms with Crippen molar-refractivity contribution in [2.45, 2.75) is 62.9 Å². The Kier molecular flexibility index (Phi) is 10.3. The van der Waals surface area contributed by atoms with Crippen molar-refractivity contribution in [1.82, 2.24) is 9.62 Å². The van der Waals surface area contributed by atoms with Crippen LogP contribution in [0.25, 0.3) is 0 Å². The zero-order valence-corrected chi connectivity index (χ0v) is 24.0. The Morgan fingerprint density at radius 3 is 2.48 bits per heavy atom. The maximum absolute atomic E-state index is 13.6. The third-order valence-corrected chi connectivity index (χ3v) is 9.12. The summed E-state index contributed by atoms with van der Waals surface area (Å²) in [5.74, 6) is -0.0525. The minimum Gasteiger partial charge on any atom is -0.447 e. The molecule has 5 atom stereocenters. The predicted molar refractivity (Wildman–Crippen MR) is 151 cm³/mol. The predicted octanol–water partition coefficient (Wildman–Crippen LogP) is 1.61. The Morgan fingerprint density at radius 1 is 1.12 bits per heavy atom. The van der Waals surface area contributed by atoms with Gasteiger partial charge in [0.2, 0.25) is 10.0 Å². The van der Waals surface area contributed by atoms with Gasteiger partial charge in [0.05, 0.1) is 36.2 Å². The summed E-state index contributed by atoms with van der Waals surface area (Å²) < 4.78 is 45.2. The van der Waals surface area contributed by atoms with Crippen LogP contribution in [-0.4, -0.2) is 86.7 Å². The van der Waals surface area contributed by atoms with Gasteiger partial charge in [0.15, 0.2) is 6.29 Å². The number of rotatable bonds is 12. The maximum Gasteiger partial charge on any atom is 0.407 e. The van der Waals surface area contributed by atoms with Gasteiger partial charge in [-0.3, -0.25) is 0 Å². The lowest BCUT2D eigenvalue weighted by atomic mass is 9.64. The van der Waals surface area contributed by atoms with Crippen molar-refractivity contribution >= 4 is 28.5 Å². The zero-order chi connectivity index (χ0) is 28.9. The molecule has 2 aromatic rings. The van der Waals surface area contributed by atoms with E-state index in [4.69, 9.17) is 14.2 Å². The number of carbonyl (C=O) groups excluding carboxylic acids is 1. The van der Waals surface area contributed by atoms with Gasteiger partial charge in [0.1, 0.15) is 6.10 Å². The van der Waals surface area contributed by atoms with Gasteiger partial charge in [0, 0.05) is 13.1 Å². The van der Waals surface area contributed by atoms with E-state index in [9.17, 15) is 23.3 Å². The molecule has 0 aromatic heterocycles. The van der Waals surface area contributed by atoms with Crippen LogP contribution >= 0.6 is 0 Å². The Bertz CT molecular complexity index is 1210. The Morgan fingerprint density at radius 2 is 1.82 bits per heavy atom. The molecular formula is C28H39BN2O8S. The highest BCUT2D eigenvalue weighted by molar-refractivity contribution is 7.89. The van der Waals surface area contributed by atoms with Crippen molar-refractivity contribution in [3.8, 4) is 0 Å². The molecule has 2 saturated heterocycles. The number of alkyl carbamates (subject to hydrolysis) is 1. The van der Waals surface area contributed by atoms with E-state index in [1.165, 1.54) is 16.4 Å². The average molecular weight is 575 g/mol. The van der Waals surface area contributed by atoms with E-state index >= 15 is 0 Å². The summed E-state index contributed by atoms with van der Waals surface area (Å²) in [6.07, 6.45) is -1.75. The second-order valence-corrected chi connectivity index (χ2v) is 12.9. The van der Waals surface area contributed by atoms with Crippen LogP contribution in [0.2, 0.25) is 6.82 Å². The molecule has 0 radical (unpaired) electrons. The molecule has 3 N–H and O–H groups in total. The lowest BCUT2D eigenvalue weighted by Gasteiger charge is -2.31. The molecular weight excluding hydrogens is 535 g/mol. The number of benzene rings is 2. The molecule has 4 rings (SSSR count). The van der Waals surface area contributed by atoms with Gasteiger partial charge in [-0.05, 0) is 41.9 Å². The number of hydrogen-bond acceptors (Lipinski definition) is 8. The normalized spacial score (nSPS) is 22.2. The summed E-state index contributed by atoms with van der Waals surface area (Å²) in [6.45, 7) is 5.40. The summed E-state index contributed by atoms with van der Waals surface area (Å²) in [5.41, 5.74) is 1.47. The second-order valence-electron chi connectivity index (χ2n) is 10.9. The van der Waals surface area contributed by atoms with Gasteiger partial charge in [0.25, 0.3) is 0 Å². The molecule has 2 heterocycles. The lowest BCUT2D eigenvalue weighted by Crippen LogP contribution is -2.51. The van der Waals surface area contributed by atoms with E-state index in [0.29, 0.717) is 12.1 Å². The Balaban J connectivity index is 1.51. The molecule has 12 heteroatoms. The fourth-order valence-electron chi connectivity index (χ4n) is 5.10. The zero-order valence-electron chi connectivity index (χ0n) is 23.2. The molecule has 0 bridgehead atoms. The van der Waals surface area contributed by atoms with Crippen LogP contribution in [0.5, 0.6) is 0 Å². The SMILES string of the molecule is CB(O)c1ccc(S(=O)(=O)N(CC(C)C)C[C@@H](O)[C@H](Cc2ccccc2)NC(=O)OC2COC3OCC[C@@H]23)cc1. The van der Waals surface area contributed by atoms with E-state index < -0.39 is 41.3 Å². The number of ether oxygens (including phenoxy) is 3. The summed E-state index contributed by atoms with van der Waals surface area (Å²) in [7, 11) is -3.98. The van der Waals surface area contributed by atoms with E-state index in [1.807, 2.05) is 44.2 Å². The monoisotopic (exact) mass is 574 g/mol. The van der Waals surface area contributed by atoms with Crippen molar-refractivity contribution in [1.29, 1.82) is 0 Å². The maximum atomic E-state index is 13.6. The first-order valence-corrected chi connectivity index (χ1v) is 15.2. The topological polar surface area (TPSA) is 135 Å². The van der Waals surface area contributed by atoms with Gasteiger partial charge in [-0.2, -0.15) is 4.31 Å². The molecule has 2 aliphatic heterocycles. The number of aliphatic hydroxyl groups excluding tert-OH is 1. The highest BCUT2D eigenvalue weighted by Gasteiger charge is 2.44. The van der Waals surface area contributed by atoms with Crippen molar-refractivity contribution in [3.05, 3.63) is 60.2 Å². The molecule has 0 spiro atoms. The molecule has 1 amide bonds. The van der Waals surface area contributed by atoms with Crippen LogP contribution < -0.4 is 10.8 Å². The fraction of sp³-hybridized carbons (Fsp3) is 0.536. The van der Waals surface area contributed by atoms with Crippen LogP contribution in [0, 0.1) is 11.8 Å². The smallest absolute Gasteiger partial charge is 0.407 e. The van der Waals surface area contributed by atoms with Gasteiger partial charge in [-0.1, -0.05) is 63.1 Å². The molecule has 0 saturated carbocycles. The summed E-state index contributed by atoms with van der Waals surface area (Å²) in [6, 6.07) is 14.6. The van der Waals surface area contributed by atoms with E-state index in [0.717, 1.165) is 12.0 Å². The molecule has 0 aliphatic carbocycles. The third-order valence-electron chi connectivity index (χ3n) is 7.27. The van der Waals surface area contributed by atoms with Crippen LogP contribution in [0.4, 0.5) is 4.79 Å². The highest BCUT2D eigenvalue weighted by atomic mass is 32.2. The summed E-state index contributed by atoms with van der Waals surface area (Å²) in [5, 5.41) is 24.0. The van der Waals surface area contributed by atoms with E-state index in [1.54, 1.807) is 19.0 Å². The first-order valence-electron chi connectivity index (χ1n) is 13.7. The number of aliphatic hydroxyl groups is 1. The number of nitrogens with zero attached hydrogens (tertiary/aromatic N) is 1. The Labute approximate surface area is 236 Å². The molecule has 2 fully saturated rings. The first-order chi connectivity index (χ1) is 19.0. The standard InChI is InChI=1S/C28H39BN2O8S/c1-19(2)16-31(40(35,36)22-11-9-21(10-12-22)29(3)34)17-25(32)24(15-20-7-5-4-6-8-20)30-28(33)39-26-18-38-27-23(26)13-14-37-27/h4-12,19,23-27,32,34H,13-18H2,1-3H3,(H,30,33)/t23-,24-,25+,26?,27?/m0/s1. The van der Waals surface area contributed by atoms with Crippen molar-refractivity contribution in [2.75, 3.05) is 26.3 Å². The largest absolute Gasteiger partial charge is 0.447 e. The third kappa shape index (κ3) is 7.62. The molecule has 2 aromatic carbocycles. The average Bonchev–Trinajstić information content (AvgIpc) is 3.53. The van der Waals surface area contributed by atoms with Gasteiger partial charge >= 0.3 is 13.0 Å². The summed E-state index contributed by atoms with van der Waals surface area (Å²) in [4.78, 5) is 13.0. The molecule has 2 aliphatic rings. The number of fused-ring (bicyclic) bond motifs is 1. The van der Waals surface area contributed by atoms with Crippen LogP contribution in [0.3, 0.4) is 0 Å². The lowest BCUT2D eigenvalue weighted by molar-refractivity contribution is -0.0907. The van der Waals surface area contributed by atoms with E-state index in [2.05, 4.69) is 5.32 Å². The minimum atomic E-state index is -3.98. The molecule has 40 heavy (non-hydrogen) atoms. The highest BCUT2D eigenvalue weighted by Crippen LogP contribution is 2.33. The van der Waals surface area contributed by atoms with Crippen molar-refractivity contribution in [2.24, 2.45) is 11.8 Å².